The largest absolute Gasteiger partial charge is 0.310 e. The smallest absolute Gasteiger partial charge is 0.123 e. The Morgan fingerprint density at radius 1 is 1.32 bits per heavy atom. The summed E-state index contributed by atoms with van der Waals surface area (Å²) in [5.74, 6) is -0.230. The molecule has 0 saturated heterocycles. The summed E-state index contributed by atoms with van der Waals surface area (Å²) < 4.78 is 14.8. The molecule has 1 aromatic carbocycles. The molecule has 1 atom stereocenters. The molecular formula is C15H20FN3. The van der Waals surface area contributed by atoms with Crippen molar-refractivity contribution in [1.29, 1.82) is 0 Å². The van der Waals surface area contributed by atoms with E-state index in [1.807, 2.05) is 17.8 Å². The Balaban J connectivity index is 2.25. The molecule has 1 aromatic heterocycles. The van der Waals surface area contributed by atoms with E-state index >= 15 is 0 Å². The molecule has 0 saturated carbocycles. The van der Waals surface area contributed by atoms with Crippen molar-refractivity contribution in [2.24, 2.45) is 0 Å². The van der Waals surface area contributed by atoms with Gasteiger partial charge in [-0.1, -0.05) is 6.92 Å². The Kier molecular flexibility index (Phi) is 4.32. The van der Waals surface area contributed by atoms with Crippen LogP contribution in [0.2, 0.25) is 0 Å². The molecule has 1 unspecified atom stereocenters. The third-order valence-electron chi connectivity index (χ3n) is 3.29. The molecule has 0 bridgehead atoms. The SMILES string of the molecule is CCCNC(C)c1cnn(-c2ccc(F)cc2)c1C. The lowest BCUT2D eigenvalue weighted by Crippen LogP contribution is -2.19. The fraction of sp³-hybridized carbons (Fsp3) is 0.400. The van der Waals surface area contributed by atoms with Crippen LogP contribution < -0.4 is 5.32 Å². The number of nitrogens with zero attached hydrogens (tertiary/aromatic N) is 2. The van der Waals surface area contributed by atoms with E-state index in [2.05, 4.69) is 24.3 Å². The average molecular weight is 261 g/mol. The summed E-state index contributed by atoms with van der Waals surface area (Å²) in [6.07, 6.45) is 2.99. The first-order valence-corrected chi connectivity index (χ1v) is 6.67. The monoisotopic (exact) mass is 261 g/mol. The van der Waals surface area contributed by atoms with Crippen LogP contribution in [-0.2, 0) is 0 Å². The molecule has 1 N–H and O–H groups in total. The Morgan fingerprint density at radius 3 is 2.63 bits per heavy atom. The van der Waals surface area contributed by atoms with Gasteiger partial charge in [-0.3, -0.25) is 0 Å². The standard InChI is InChI=1S/C15H20FN3/c1-4-9-17-11(2)15-10-18-19(12(15)3)14-7-5-13(16)6-8-14/h5-8,10-11,17H,4,9H2,1-3H3. The minimum absolute atomic E-state index is 0.230. The van der Waals surface area contributed by atoms with Crippen LogP contribution in [0.25, 0.3) is 5.69 Å². The predicted octanol–water partition coefficient (Wildman–Crippen LogP) is 3.38. The zero-order chi connectivity index (χ0) is 13.8. The van der Waals surface area contributed by atoms with Gasteiger partial charge in [-0.2, -0.15) is 5.10 Å². The second kappa shape index (κ2) is 5.97. The lowest BCUT2D eigenvalue weighted by Gasteiger charge is -2.13. The van der Waals surface area contributed by atoms with Crippen molar-refractivity contribution in [1.82, 2.24) is 15.1 Å². The van der Waals surface area contributed by atoms with Gasteiger partial charge in [0.05, 0.1) is 11.9 Å². The van der Waals surface area contributed by atoms with Crippen LogP contribution in [0.3, 0.4) is 0 Å². The van der Waals surface area contributed by atoms with Crippen LogP contribution in [0.5, 0.6) is 0 Å². The van der Waals surface area contributed by atoms with Gasteiger partial charge in [-0.05, 0) is 51.1 Å². The van der Waals surface area contributed by atoms with Crippen LogP contribution in [0.4, 0.5) is 4.39 Å². The molecule has 3 nitrogen and oxygen atoms in total. The Bertz CT molecular complexity index is 531. The van der Waals surface area contributed by atoms with Gasteiger partial charge in [0.15, 0.2) is 0 Å². The molecule has 2 aromatic rings. The van der Waals surface area contributed by atoms with Gasteiger partial charge in [0.1, 0.15) is 5.82 Å². The number of aromatic nitrogens is 2. The number of benzene rings is 1. The van der Waals surface area contributed by atoms with E-state index in [9.17, 15) is 4.39 Å². The Hall–Kier alpha value is -1.68. The molecule has 0 aliphatic rings. The molecular weight excluding hydrogens is 241 g/mol. The Labute approximate surface area is 113 Å². The van der Waals surface area contributed by atoms with Crippen molar-refractivity contribution >= 4 is 0 Å². The predicted molar refractivity (Wildman–Crippen MR) is 75.0 cm³/mol. The lowest BCUT2D eigenvalue weighted by atomic mass is 10.1. The van der Waals surface area contributed by atoms with Crippen LogP contribution in [0, 0.1) is 12.7 Å². The maximum Gasteiger partial charge on any atom is 0.123 e. The van der Waals surface area contributed by atoms with E-state index in [4.69, 9.17) is 0 Å². The van der Waals surface area contributed by atoms with E-state index in [1.165, 1.54) is 17.7 Å². The van der Waals surface area contributed by atoms with E-state index in [1.54, 1.807) is 12.1 Å². The second-order valence-corrected chi connectivity index (χ2v) is 4.75. The van der Waals surface area contributed by atoms with Gasteiger partial charge < -0.3 is 5.32 Å². The van der Waals surface area contributed by atoms with Crippen molar-refractivity contribution in [3.63, 3.8) is 0 Å². The van der Waals surface area contributed by atoms with E-state index in [0.29, 0.717) is 0 Å². The molecule has 19 heavy (non-hydrogen) atoms. The quantitative estimate of drug-likeness (QED) is 0.894. The Morgan fingerprint density at radius 2 is 2.00 bits per heavy atom. The third kappa shape index (κ3) is 3.01. The number of rotatable bonds is 5. The number of halogens is 1. The zero-order valence-electron chi connectivity index (χ0n) is 11.7. The highest BCUT2D eigenvalue weighted by molar-refractivity contribution is 5.35. The first-order chi connectivity index (χ1) is 9.13. The van der Waals surface area contributed by atoms with Gasteiger partial charge >= 0.3 is 0 Å². The second-order valence-electron chi connectivity index (χ2n) is 4.75. The summed E-state index contributed by atoms with van der Waals surface area (Å²) in [5, 5.41) is 7.85. The minimum atomic E-state index is -0.230. The topological polar surface area (TPSA) is 29.9 Å². The summed E-state index contributed by atoms with van der Waals surface area (Å²) in [5.41, 5.74) is 3.15. The molecule has 102 valence electrons. The first-order valence-electron chi connectivity index (χ1n) is 6.67. The molecule has 2 rings (SSSR count). The molecule has 0 aliphatic carbocycles. The van der Waals surface area contributed by atoms with Crippen molar-refractivity contribution in [2.45, 2.75) is 33.2 Å². The van der Waals surface area contributed by atoms with Crippen LogP contribution in [0.15, 0.2) is 30.5 Å². The summed E-state index contributed by atoms with van der Waals surface area (Å²) in [4.78, 5) is 0. The highest BCUT2D eigenvalue weighted by atomic mass is 19.1. The molecule has 4 heteroatoms. The summed E-state index contributed by atoms with van der Waals surface area (Å²) in [7, 11) is 0. The summed E-state index contributed by atoms with van der Waals surface area (Å²) in [6.45, 7) is 7.31. The summed E-state index contributed by atoms with van der Waals surface area (Å²) >= 11 is 0. The highest BCUT2D eigenvalue weighted by Crippen LogP contribution is 2.20. The van der Waals surface area contributed by atoms with Crippen molar-refractivity contribution in [3.8, 4) is 5.69 Å². The van der Waals surface area contributed by atoms with E-state index in [-0.39, 0.29) is 11.9 Å². The molecule has 0 spiro atoms. The first kappa shape index (κ1) is 13.7. The van der Waals surface area contributed by atoms with Gasteiger partial charge in [0.25, 0.3) is 0 Å². The average Bonchev–Trinajstić information content (AvgIpc) is 2.79. The molecule has 1 heterocycles. The van der Waals surface area contributed by atoms with Crippen molar-refractivity contribution in [3.05, 3.63) is 47.5 Å². The maximum absolute atomic E-state index is 12.9. The fourth-order valence-corrected chi connectivity index (χ4v) is 2.16. The highest BCUT2D eigenvalue weighted by Gasteiger charge is 2.13. The van der Waals surface area contributed by atoms with E-state index in [0.717, 1.165) is 24.3 Å². The molecule has 0 aliphatic heterocycles. The lowest BCUT2D eigenvalue weighted by molar-refractivity contribution is 0.568. The van der Waals surface area contributed by atoms with Crippen molar-refractivity contribution < 1.29 is 4.39 Å². The summed E-state index contributed by atoms with van der Waals surface area (Å²) in [6, 6.07) is 6.66. The molecule has 0 amide bonds. The fourth-order valence-electron chi connectivity index (χ4n) is 2.16. The minimum Gasteiger partial charge on any atom is -0.310 e. The maximum atomic E-state index is 12.9. The van der Waals surface area contributed by atoms with Gasteiger partial charge in [0.2, 0.25) is 0 Å². The van der Waals surface area contributed by atoms with E-state index < -0.39 is 0 Å². The van der Waals surface area contributed by atoms with Crippen LogP contribution >= 0.6 is 0 Å². The number of hydrogen-bond acceptors (Lipinski definition) is 2. The number of nitrogens with one attached hydrogen (secondary N) is 1. The zero-order valence-corrected chi connectivity index (χ0v) is 11.7. The van der Waals surface area contributed by atoms with Crippen LogP contribution in [-0.4, -0.2) is 16.3 Å². The third-order valence-corrected chi connectivity index (χ3v) is 3.29. The van der Waals surface area contributed by atoms with Crippen LogP contribution in [0.1, 0.15) is 37.6 Å². The van der Waals surface area contributed by atoms with Crippen molar-refractivity contribution in [2.75, 3.05) is 6.54 Å². The number of hydrogen-bond donors (Lipinski definition) is 1. The molecule has 0 radical (unpaired) electrons. The van der Waals surface area contributed by atoms with Gasteiger partial charge in [0, 0.05) is 17.3 Å². The van der Waals surface area contributed by atoms with Gasteiger partial charge in [-0.15, -0.1) is 0 Å². The molecule has 0 fully saturated rings. The van der Waals surface area contributed by atoms with Gasteiger partial charge in [-0.25, -0.2) is 9.07 Å². The normalized spacial score (nSPS) is 12.6.